The quantitative estimate of drug-likeness (QED) is 0.320. The first-order valence-electron chi connectivity index (χ1n) is 10.3. The van der Waals surface area contributed by atoms with Gasteiger partial charge in [0.05, 0.1) is 11.4 Å². The number of fused-ring (bicyclic) bond motifs is 2. The van der Waals surface area contributed by atoms with Crippen molar-refractivity contribution in [2.75, 3.05) is 0 Å². The molecule has 0 bridgehead atoms. The Morgan fingerprint density at radius 1 is 0.844 bits per heavy atom. The average molecular weight is 455 g/mol. The van der Waals surface area contributed by atoms with Crippen LogP contribution in [-0.4, -0.2) is 11.6 Å². The number of carbonyl (C=O) groups excluding carboxylic acids is 1. The second kappa shape index (κ2) is 9.03. The molecule has 5 rings (SSSR count). The minimum absolute atomic E-state index is 0.157. The summed E-state index contributed by atoms with van der Waals surface area (Å²) in [6.07, 6.45) is 0. The van der Waals surface area contributed by atoms with Crippen molar-refractivity contribution in [2.24, 2.45) is 4.99 Å². The molecule has 1 amide bonds. The highest BCUT2D eigenvalue weighted by Crippen LogP contribution is 2.41. The summed E-state index contributed by atoms with van der Waals surface area (Å²) < 4.78 is 0. The Kier molecular flexibility index (Phi) is 5.80. The van der Waals surface area contributed by atoms with E-state index in [-0.39, 0.29) is 5.91 Å². The highest BCUT2D eigenvalue weighted by molar-refractivity contribution is 7.99. The van der Waals surface area contributed by atoms with Crippen LogP contribution < -0.4 is 5.32 Å². The molecule has 0 aromatic heterocycles. The van der Waals surface area contributed by atoms with Crippen LogP contribution in [0.3, 0.4) is 0 Å². The van der Waals surface area contributed by atoms with Crippen LogP contribution in [0.2, 0.25) is 5.02 Å². The number of carbonyl (C=O) groups is 1. The van der Waals surface area contributed by atoms with Crippen molar-refractivity contribution in [1.29, 1.82) is 0 Å². The van der Waals surface area contributed by atoms with E-state index in [2.05, 4.69) is 29.6 Å². The normalized spacial score (nSPS) is 12.2. The molecule has 0 saturated heterocycles. The zero-order valence-electron chi connectivity index (χ0n) is 17.1. The molecule has 32 heavy (non-hydrogen) atoms. The van der Waals surface area contributed by atoms with Crippen LogP contribution in [0.1, 0.15) is 27.0 Å². The molecule has 1 aliphatic rings. The van der Waals surface area contributed by atoms with E-state index in [0.29, 0.717) is 17.1 Å². The van der Waals surface area contributed by atoms with Gasteiger partial charge in [0.25, 0.3) is 5.91 Å². The SMILES string of the molecule is O=C(NCc1ccccc1Cl)c1ccc2c(c1)N=C(c1ccccc1)c1ccccc1S2. The van der Waals surface area contributed by atoms with Gasteiger partial charge >= 0.3 is 0 Å². The molecule has 0 saturated carbocycles. The molecule has 3 nitrogen and oxygen atoms in total. The summed E-state index contributed by atoms with van der Waals surface area (Å²) in [7, 11) is 0. The molecule has 1 N–H and O–H groups in total. The molecule has 156 valence electrons. The molecular formula is C27H19ClN2OS. The van der Waals surface area contributed by atoms with Gasteiger partial charge in [0.15, 0.2) is 0 Å². The van der Waals surface area contributed by atoms with Gasteiger partial charge in [-0.2, -0.15) is 0 Å². The first kappa shape index (κ1) is 20.6. The Bertz CT molecular complexity index is 1330. The van der Waals surface area contributed by atoms with Crippen molar-refractivity contribution >= 4 is 40.7 Å². The largest absolute Gasteiger partial charge is 0.348 e. The summed E-state index contributed by atoms with van der Waals surface area (Å²) in [4.78, 5) is 20.0. The Labute approximate surface area is 196 Å². The van der Waals surface area contributed by atoms with E-state index in [0.717, 1.165) is 37.9 Å². The molecule has 1 heterocycles. The van der Waals surface area contributed by atoms with Crippen LogP contribution in [0.15, 0.2) is 112 Å². The van der Waals surface area contributed by atoms with Gasteiger partial charge < -0.3 is 5.32 Å². The lowest BCUT2D eigenvalue weighted by Gasteiger charge is -2.09. The minimum Gasteiger partial charge on any atom is -0.348 e. The van der Waals surface area contributed by atoms with E-state index >= 15 is 0 Å². The van der Waals surface area contributed by atoms with Crippen LogP contribution in [0.25, 0.3) is 0 Å². The first-order valence-corrected chi connectivity index (χ1v) is 11.5. The molecule has 4 aromatic rings. The number of aliphatic imine (C=N–C) groups is 1. The molecule has 0 aliphatic carbocycles. The van der Waals surface area contributed by atoms with Gasteiger partial charge in [-0.3, -0.25) is 4.79 Å². The molecular weight excluding hydrogens is 436 g/mol. The predicted octanol–water partition coefficient (Wildman–Crippen LogP) is 6.90. The monoisotopic (exact) mass is 454 g/mol. The summed E-state index contributed by atoms with van der Waals surface area (Å²) in [5, 5.41) is 3.60. The lowest BCUT2D eigenvalue weighted by Crippen LogP contribution is -2.22. The standard InChI is InChI=1S/C27H19ClN2OS/c28-22-12-6-4-10-20(22)17-29-27(31)19-14-15-25-23(16-19)30-26(18-8-2-1-3-9-18)21-11-5-7-13-24(21)32-25/h1-16H,17H2,(H,29,31). The summed E-state index contributed by atoms with van der Waals surface area (Å²) >= 11 is 7.88. The van der Waals surface area contributed by atoms with Gasteiger partial charge in [0.1, 0.15) is 0 Å². The third-order valence-corrected chi connectivity index (χ3v) is 6.77. The van der Waals surface area contributed by atoms with E-state index in [4.69, 9.17) is 16.6 Å². The fraction of sp³-hybridized carbons (Fsp3) is 0.0370. The maximum atomic E-state index is 12.9. The molecule has 0 fully saturated rings. The lowest BCUT2D eigenvalue weighted by atomic mass is 10.0. The molecule has 0 unspecified atom stereocenters. The van der Waals surface area contributed by atoms with Crippen LogP contribution in [-0.2, 0) is 6.54 Å². The summed E-state index contributed by atoms with van der Waals surface area (Å²) in [6.45, 7) is 0.369. The van der Waals surface area contributed by atoms with E-state index in [9.17, 15) is 4.79 Å². The van der Waals surface area contributed by atoms with Gasteiger partial charge in [-0.25, -0.2) is 4.99 Å². The maximum Gasteiger partial charge on any atom is 0.251 e. The third kappa shape index (κ3) is 4.20. The number of hydrogen-bond donors (Lipinski definition) is 1. The number of benzene rings is 4. The molecule has 0 radical (unpaired) electrons. The van der Waals surface area contributed by atoms with Crippen molar-refractivity contribution in [3.63, 3.8) is 0 Å². The third-order valence-electron chi connectivity index (χ3n) is 5.26. The van der Waals surface area contributed by atoms with E-state index < -0.39 is 0 Å². The fourth-order valence-corrected chi connectivity index (χ4v) is 4.82. The van der Waals surface area contributed by atoms with Crippen molar-refractivity contribution in [2.45, 2.75) is 16.3 Å². The number of nitrogens with zero attached hydrogens (tertiary/aromatic N) is 1. The second-order valence-electron chi connectivity index (χ2n) is 7.38. The highest BCUT2D eigenvalue weighted by Gasteiger charge is 2.19. The smallest absolute Gasteiger partial charge is 0.251 e. The molecule has 5 heteroatoms. The predicted molar refractivity (Wildman–Crippen MR) is 131 cm³/mol. The zero-order chi connectivity index (χ0) is 21.9. The molecule has 0 spiro atoms. The van der Waals surface area contributed by atoms with E-state index in [1.807, 2.05) is 72.8 Å². The average Bonchev–Trinajstić information content (AvgIpc) is 3.00. The Morgan fingerprint density at radius 3 is 2.44 bits per heavy atom. The Balaban J connectivity index is 1.50. The van der Waals surface area contributed by atoms with Crippen LogP contribution in [0, 0.1) is 0 Å². The molecule has 1 aliphatic heterocycles. The summed E-state index contributed by atoms with van der Waals surface area (Å²) in [5.41, 5.74) is 5.27. The van der Waals surface area contributed by atoms with Crippen LogP contribution in [0.4, 0.5) is 5.69 Å². The van der Waals surface area contributed by atoms with Gasteiger partial charge in [0.2, 0.25) is 0 Å². The van der Waals surface area contributed by atoms with Crippen molar-refractivity contribution in [1.82, 2.24) is 5.32 Å². The van der Waals surface area contributed by atoms with Crippen molar-refractivity contribution in [3.8, 4) is 0 Å². The minimum atomic E-state index is -0.157. The summed E-state index contributed by atoms with van der Waals surface area (Å²) in [5.74, 6) is -0.157. The number of rotatable bonds is 4. The van der Waals surface area contributed by atoms with E-state index in [1.54, 1.807) is 11.8 Å². The number of amides is 1. The second-order valence-corrected chi connectivity index (χ2v) is 8.87. The highest BCUT2D eigenvalue weighted by atomic mass is 35.5. The lowest BCUT2D eigenvalue weighted by molar-refractivity contribution is 0.0951. The van der Waals surface area contributed by atoms with E-state index in [1.165, 1.54) is 0 Å². The fourth-order valence-electron chi connectivity index (χ4n) is 3.62. The Morgan fingerprint density at radius 2 is 1.59 bits per heavy atom. The van der Waals surface area contributed by atoms with Gasteiger partial charge in [-0.15, -0.1) is 0 Å². The molecule has 4 aromatic carbocycles. The zero-order valence-corrected chi connectivity index (χ0v) is 18.7. The number of nitrogens with one attached hydrogen (secondary N) is 1. The first-order chi connectivity index (χ1) is 15.7. The van der Waals surface area contributed by atoms with Crippen molar-refractivity contribution < 1.29 is 4.79 Å². The van der Waals surface area contributed by atoms with Crippen LogP contribution in [0.5, 0.6) is 0 Å². The van der Waals surface area contributed by atoms with Crippen molar-refractivity contribution in [3.05, 3.63) is 124 Å². The topological polar surface area (TPSA) is 41.5 Å². The number of halogens is 1. The number of hydrogen-bond acceptors (Lipinski definition) is 3. The summed E-state index contributed by atoms with van der Waals surface area (Å²) in [6, 6.07) is 31.6. The Hall–Kier alpha value is -3.34. The van der Waals surface area contributed by atoms with Gasteiger partial charge in [-0.05, 0) is 35.9 Å². The van der Waals surface area contributed by atoms with Crippen LogP contribution >= 0.6 is 23.4 Å². The molecule has 0 atom stereocenters. The van der Waals surface area contributed by atoms with Gasteiger partial charge in [-0.1, -0.05) is 90.1 Å². The maximum absolute atomic E-state index is 12.9. The van der Waals surface area contributed by atoms with Gasteiger partial charge in [0, 0.05) is 38.0 Å².